The van der Waals surface area contributed by atoms with Crippen molar-refractivity contribution >= 4 is 11.5 Å². The van der Waals surface area contributed by atoms with Gasteiger partial charge in [-0.15, -0.1) is 0 Å². The molecule has 3 N–H and O–H groups in total. The van der Waals surface area contributed by atoms with E-state index in [1.54, 1.807) is 19.4 Å². The number of hydrogen-bond acceptors (Lipinski definition) is 4. The van der Waals surface area contributed by atoms with Crippen LogP contribution in [-0.2, 0) is 13.6 Å². The molecular weight excluding hydrogens is 216 g/mol. The van der Waals surface area contributed by atoms with E-state index in [0.717, 1.165) is 11.3 Å². The standard InChI is InChI=1S/C12H14N4O/c1-16-7-6-14-11(12(16)17)15-10-5-3-2-4-9(10)8-13/h2-7H,8,13H2,1H3,(H,14,15). The SMILES string of the molecule is Cn1ccnc(Nc2ccccc2CN)c1=O. The minimum absolute atomic E-state index is 0.167. The van der Waals surface area contributed by atoms with Crippen molar-refractivity contribution < 1.29 is 0 Å². The van der Waals surface area contributed by atoms with Crippen molar-refractivity contribution in [2.45, 2.75) is 6.54 Å². The Labute approximate surface area is 98.9 Å². The quantitative estimate of drug-likeness (QED) is 0.824. The molecule has 1 aromatic carbocycles. The van der Waals surface area contributed by atoms with E-state index in [2.05, 4.69) is 10.3 Å². The minimum Gasteiger partial charge on any atom is -0.335 e. The molecule has 0 bridgehead atoms. The lowest BCUT2D eigenvalue weighted by Gasteiger charge is -2.09. The number of benzene rings is 1. The summed E-state index contributed by atoms with van der Waals surface area (Å²) in [6.07, 6.45) is 3.19. The molecule has 0 aliphatic heterocycles. The van der Waals surface area contributed by atoms with Crippen molar-refractivity contribution in [3.05, 3.63) is 52.6 Å². The van der Waals surface area contributed by atoms with Crippen molar-refractivity contribution in [2.24, 2.45) is 12.8 Å². The summed E-state index contributed by atoms with van der Waals surface area (Å²) < 4.78 is 1.47. The van der Waals surface area contributed by atoms with Crippen LogP contribution in [0.2, 0.25) is 0 Å². The first-order chi connectivity index (χ1) is 8.22. The van der Waals surface area contributed by atoms with Gasteiger partial charge in [0.2, 0.25) is 0 Å². The number of nitrogens with two attached hydrogens (primary N) is 1. The molecule has 0 atom stereocenters. The van der Waals surface area contributed by atoms with Crippen molar-refractivity contribution in [3.63, 3.8) is 0 Å². The number of aromatic nitrogens is 2. The average molecular weight is 230 g/mol. The molecule has 0 saturated carbocycles. The van der Waals surface area contributed by atoms with Crippen LogP contribution in [0.1, 0.15) is 5.56 Å². The van der Waals surface area contributed by atoms with Gasteiger partial charge >= 0.3 is 0 Å². The number of para-hydroxylation sites is 1. The Morgan fingerprint density at radius 1 is 1.41 bits per heavy atom. The highest BCUT2D eigenvalue weighted by Crippen LogP contribution is 2.16. The Hall–Kier alpha value is -2.14. The second-order valence-corrected chi connectivity index (χ2v) is 3.68. The number of hydrogen-bond donors (Lipinski definition) is 2. The maximum atomic E-state index is 11.8. The first kappa shape index (κ1) is 11.3. The zero-order valence-electron chi connectivity index (χ0n) is 9.55. The Morgan fingerprint density at radius 2 is 2.18 bits per heavy atom. The number of rotatable bonds is 3. The Morgan fingerprint density at radius 3 is 2.94 bits per heavy atom. The van der Waals surface area contributed by atoms with E-state index in [0.29, 0.717) is 12.4 Å². The Balaban J connectivity index is 2.38. The van der Waals surface area contributed by atoms with Gasteiger partial charge in [0.1, 0.15) is 0 Å². The normalized spacial score (nSPS) is 10.2. The highest BCUT2D eigenvalue weighted by molar-refractivity contribution is 5.59. The molecule has 0 spiro atoms. The molecule has 0 saturated heterocycles. The van der Waals surface area contributed by atoms with E-state index in [1.807, 2.05) is 24.3 Å². The first-order valence-electron chi connectivity index (χ1n) is 5.29. The monoisotopic (exact) mass is 230 g/mol. The maximum Gasteiger partial charge on any atom is 0.293 e. The lowest BCUT2D eigenvalue weighted by Crippen LogP contribution is -2.20. The molecule has 1 heterocycles. The van der Waals surface area contributed by atoms with Gasteiger partial charge in [-0.2, -0.15) is 0 Å². The molecule has 0 fully saturated rings. The lowest BCUT2D eigenvalue weighted by molar-refractivity contribution is 0.845. The van der Waals surface area contributed by atoms with Gasteiger partial charge in [-0.1, -0.05) is 18.2 Å². The molecule has 88 valence electrons. The van der Waals surface area contributed by atoms with Gasteiger partial charge < -0.3 is 15.6 Å². The summed E-state index contributed by atoms with van der Waals surface area (Å²) in [4.78, 5) is 15.8. The summed E-state index contributed by atoms with van der Waals surface area (Å²) in [5.74, 6) is 0.302. The van der Waals surface area contributed by atoms with E-state index in [4.69, 9.17) is 5.73 Å². The third-order valence-corrected chi connectivity index (χ3v) is 2.51. The first-order valence-corrected chi connectivity index (χ1v) is 5.29. The van der Waals surface area contributed by atoms with Crippen LogP contribution < -0.4 is 16.6 Å². The molecule has 1 aromatic heterocycles. The van der Waals surface area contributed by atoms with Crippen LogP contribution in [0, 0.1) is 0 Å². The average Bonchev–Trinajstić information content (AvgIpc) is 2.35. The van der Waals surface area contributed by atoms with Crippen LogP contribution in [-0.4, -0.2) is 9.55 Å². The fraction of sp³-hybridized carbons (Fsp3) is 0.167. The highest BCUT2D eigenvalue weighted by atomic mass is 16.1. The second kappa shape index (κ2) is 4.80. The topological polar surface area (TPSA) is 72.9 Å². The van der Waals surface area contributed by atoms with E-state index in [9.17, 15) is 4.79 Å². The molecule has 0 aliphatic carbocycles. The number of nitrogens with zero attached hydrogens (tertiary/aromatic N) is 2. The summed E-state index contributed by atoms with van der Waals surface area (Å²) in [7, 11) is 1.68. The van der Waals surface area contributed by atoms with Gasteiger partial charge in [-0.3, -0.25) is 4.79 Å². The van der Waals surface area contributed by atoms with E-state index >= 15 is 0 Å². The summed E-state index contributed by atoms with van der Waals surface area (Å²) in [5.41, 5.74) is 7.22. The van der Waals surface area contributed by atoms with Crippen LogP contribution in [0.3, 0.4) is 0 Å². The van der Waals surface area contributed by atoms with Crippen molar-refractivity contribution in [3.8, 4) is 0 Å². The number of aryl methyl sites for hydroxylation is 1. The van der Waals surface area contributed by atoms with E-state index in [1.165, 1.54) is 4.57 Å². The molecular formula is C12H14N4O. The zero-order chi connectivity index (χ0) is 12.3. The zero-order valence-corrected chi connectivity index (χ0v) is 9.55. The van der Waals surface area contributed by atoms with Gasteiger partial charge in [0, 0.05) is 31.7 Å². The van der Waals surface area contributed by atoms with Gasteiger partial charge in [0.05, 0.1) is 0 Å². The summed E-state index contributed by atoms with van der Waals surface area (Å²) in [6, 6.07) is 7.57. The highest BCUT2D eigenvalue weighted by Gasteiger charge is 2.05. The van der Waals surface area contributed by atoms with Gasteiger partial charge in [0.25, 0.3) is 5.56 Å². The molecule has 5 heteroatoms. The summed E-state index contributed by atoms with van der Waals surface area (Å²) >= 11 is 0. The predicted octanol–water partition coefficient (Wildman–Crippen LogP) is 0.983. The molecule has 2 rings (SSSR count). The predicted molar refractivity (Wildman–Crippen MR) is 67.1 cm³/mol. The third-order valence-electron chi connectivity index (χ3n) is 2.51. The molecule has 0 radical (unpaired) electrons. The molecule has 17 heavy (non-hydrogen) atoms. The van der Waals surface area contributed by atoms with Gasteiger partial charge in [-0.25, -0.2) is 4.98 Å². The second-order valence-electron chi connectivity index (χ2n) is 3.68. The molecule has 2 aromatic rings. The van der Waals surface area contributed by atoms with Crippen LogP contribution in [0.25, 0.3) is 0 Å². The summed E-state index contributed by atoms with van der Waals surface area (Å²) in [5, 5.41) is 3.01. The number of nitrogens with one attached hydrogen (secondary N) is 1. The molecule has 5 nitrogen and oxygen atoms in total. The van der Waals surface area contributed by atoms with E-state index in [-0.39, 0.29) is 5.56 Å². The smallest absolute Gasteiger partial charge is 0.293 e. The van der Waals surface area contributed by atoms with Crippen LogP contribution in [0.15, 0.2) is 41.5 Å². The Bertz CT molecular complexity index is 577. The van der Waals surface area contributed by atoms with Crippen molar-refractivity contribution in [2.75, 3.05) is 5.32 Å². The van der Waals surface area contributed by atoms with Gasteiger partial charge in [-0.05, 0) is 11.6 Å². The maximum absolute atomic E-state index is 11.8. The summed E-state index contributed by atoms with van der Waals surface area (Å²) in [6.45, 7) is 0.413. The fourth-order valence-electron chi connectivity index (χ4n) is 1.53. The molecule has 0 unspecified atom stereocenters. The molecule has 0 aliphatic rings. The van der Waals surface area contributed by atoms with Crippen LogP contribution >= 0.6 is 0 Å². The Kier molecular flexibility index (Phi) is 3.20. The minimum atomic E-state index is -0.167. The van der Waals surface area contributed by atoms with Crippen LogP contribution in [0.5, 0.6) is 0 Å². The lowest BCUT2D eigenvalue weighted by atomic mass is 10.2. The third kappa shape index (κ3) is 2.34. The number of anilines is 2. The van der Waals surface area contributed by atoms with Gasteiger partial charge in [0.15, 0.2) is 5.82 Å². The molecule has 0 amide bonds. The largest absolute Gasteiger partial charge is 0.335 e. The fourth-order valence-corrected chi connectivity index (χ4v) is 1.53. The van der Waals surface area contributed by atoms with Crippen molar-refractivity contribution in [1.29, 1.82) is 0 Å². The van der Waals surface area contributed by atoms with Crippen molar-refractivity contribution in [1.82, 2.24) is 9.55 Å². The van der Waals surface area contributed by atoms with Crippen LogP contribution in [0.4, 0.5) is 11.5 Å². The van der Waals surface area contributed by atoms with E-state index < -0.39 is 0 Å².